The second-order valence-corrected chi connectivity index (χ2v) is 8.73. The summed E-state index contributed by atoms with van der Waals surface area (Å²) in [5.74, 6) is 1.60. The molecule has 0 amide bonds. The largest absolute Gasteiger partial charge is 0.377 e. The van der Waals surface area contributed by atoms with Crippen molar-refractivity contribution < 1.29 is 13.2 Å². The van der Waals surface area contributed by atoms with Gasteiger partial charge >= 0.3 is 0 Å². The predicted octanol–water partition coefficient (Wildman–Crippen LogP) is 0.782. The van der Waals surface area contributed by atoms with E-state index in [1.807, 2.05) is 0 Å². The Balaban J connectivity index is 1.68. The molecule has 0 saturated carbocycles. The molecule has 2 heterocycles. The lowest BCUT2D eigenvalue weighted by atomic mass is 10.00. The summed E-state index contributed by atoms with van der Waals surface area (Å²) in [6.07, 6.45) is 5.44. The summed E-state index contributed by atoms with van der Waals surface area (Å²) in [7, 11) is -1.55. The maximum atomic E-state index is 12.1. The van der Waals surface area contributed by atoms with Crippen molar-refractivity contribution in [1.29, 1.82) is 0 Å². The first kappa shape index (κ1) is 19.5. The van der Waals surface area contributed by atoms with Crippen molar-refractivity contribution in [3.8, 4) is 0 Å². The van der Waals surface area contributed by atoms with E-state index in [1.165, 1.54) is 0 Å². The molecule has 7 nitrogen and oxygen atoms in total. The van der Waals surface area contributed by atoms with E-state index in [9.17, 15) is 8.42 Å². The fourth-order valence-corrected chi connectivity index (χ4v) is 4.07. The monoisotopic (exact) mass is 360 g/mol. The molecule has 140 valence electrons. The number of piperidine rings is 1. The fourth-order valence-electron chi connectivity index (χ4n) is 3.11. The van der Waals surface area contributed by atoms with Crippen LogP contribution in [0, 0.1) is 5.92 Å². The normalized spacial score (nSPS) is 24.2. The Bertz CT molecular complexity index is 495. The number of ether oxygens (including phenoxy) is 1. The average molecular weight is 361 g/mol. The number of rotatable bonds is 6. The number of likely N-dealkylation sites (tertiary alicyclic amines) is 1. The van der Waals surface area contributed by atoms with Gasteiger partial charge in [0.05, 0.1) is 11.9 Å². The highest BCUT2D eigenvalue weighted by Gasteiger charge is 2.20. The zero-order valence-electron chi connectivity index (χ0n) is 15.0. The highest BCUT2D eigenvalue weighted by Crippen LogP contribution is 2.15. The Kier molecular flexibility index (Phi) is 7.77. The molecule has 2 saturated heterocycles. The van der Waals surface area contributed by atoms with Crippen molar-refractivity contribution in [2.45, 2.75) is 45.1 Å². The topological polar surface area (TPSA) is 83.0 Å². The van der Waals surface area contributed by atoms with Gasteiger partial charge in [-0.25, -0.2) is 13.1 Å². The third-order valence-corrected chi connectivity index (χ3v) is 6.10. The number of sulfonamides is 1. The van der Waals surface area contributed by atoms with Crippen LogP contribution in [-0.4, -0.2) is 71.0 Å². The first-order chi connectivity index (χ1) is 11.5. The quantitative estimate of drug-likeness (QED) is 0.540. The number of nitrogens with zero attached hydrogens (tertiary/aromatic N) is 2. The second kappa shape index (κ2) is 9.58. The summed E-state index contributed by atoms with van der Waals surface area (Å²) in [6, 6.07) is 0. The van der Waals surface area contributed by atoms with Gasteiger partial charge in [0.25, 0.3) is 0 Å². The van der Waals surface area contributed by atoms with E-state index in [4.69, 9.17) is 4.74 Å². The van der Waals surface area contributed by atoms with Gasteiger partial charge < -0.3 is 15.0 Å². The zero-order valence-corrected chi connectivity index (χ0v) is 15.8. The van der Waals surface area contributed by atoms with Crippen LogP contribution in [0.5, 0.6) is 0 Å². The van der Waals surface area contributed by atoms with Gasteiger partial charge in [0.15, 0.2) is 5.96 Å². The third kappa shape index (κ3) is 6.57. The molecular formula is C16H32N4O3S. The van der Waals surface area contributed by atoms with Gasteiger partial charge in [-0.05, 0) is 38.0 Å². The van der Waals surface area contributed by atoms with Gasteiger partial charge in [-0.15, -0.1) is 0 Å². The van der Waals surface area contributed by atoms with Gasteiger partial charge in [-0.3, -0.25) is 4.99 Å². The zero-order chi connectivity index (χ0) is 17.4. The van der Waals surface area contributed by atoms with E-state index in [0.717, 1.165) is 63.7 Å². The van der Waals surface area contributed by atoms with Crippen LogP contribution in [0.1, 0.15) is 39.0 Å². The number of guanidine groups is 1. The molecule has 8 heteroatoms. The summed E-state index contributed by atoms with van der Waals surface area (Å²) < 4.78 is 32.4. The van der Waals surface area contributed by atoms with Crippen molar-refractivity contribution >= 4 is 16.0 Å². The van der Waals surface area contributed by atoms with E-state index in [-0.39, 0.29) is 11.9 Å². The molecular weight excluding hydrogens is 328 g/mol. The maximum Gasteiger partial charge on any atom is 0.213 e. The highest BCUT2D eigenvalue weighted by molar-refractivity contribution is 7.89. The van der Waals surface area contributed by atoms with Gasteiger partial charge in [-0.1, -0.05) is 6.92 Å². The average Bonchev–Trinajstić information content (AvgIpc) is 2.59. The molecule has 0 aromatic rings. The lowest BCUT2D eigenvalue weighted by molar-refractivity contribution is 0.0200. The molecule has 0 radical (unpaired) electrons. The minimum absolute atomic E-state index is 0.0181. The van der Waals surface area contributed by atoms with E-state index >= 15 is 0 Å². The van der Waals surface area contributed by atoms with Gasteiger partial charge in [0.1, 0.15) is 0 Å². The van der Waals surface area contributed by atoms with Gasteiger partial charge in [0.2, 0.25) is 10.0 Å². The van der Waals surface area contributed by atoms with Crippen LogP contribution in [0.25, 0.3) is 0 Å². The number of hydrogen-bond donors (Lipinski definition) is 2. The predicted molar refractivity (Wildman–Crippen MR) is 96.7 cm³/mol. The Morgan fingerprint density at radius 3 is 2.62 bits per heavy atom. The summed E-state index contributed by atoms with van der Waals surface area (Å²) >= 11 is 0. The lowest BCUT2D eigenvalue weighted by Gasteiger charge is -2.32. The molecule has 0 spiro atoms. The van der Waals surface area contributed by atoms with Crippen LogP contribution < -0.4 is 10.0 Å². The fraction of sp³-hybridized carbons (Fsp3) is 0.938. The molecule has 24 heavy (non-hydrogen) atoms. The Labute approximate surface area is 146 Å². The summed E-state index contributed by atoms with van der Waals surface area (Å²) in [5.41, 5.74) is 0. The number of nitrogens with one attached hydrogen (secondary N) is 2. The minimum atomic E-state index is -3.29. The molecule has 0 aromatic heterocycles. The molecule has 2 N–H and O–H groups in total. The summed E-state index contributed by atoms with van der Waals surface area (Å²) in [6.45, 7) is 5.69. The van der Waals surface area contributed by atoms with E-state index in [0.29, 0.717) is 13.1 Å². The molecule has 2 aliphatic rings. The Hall–Kier alpha value is -0.860. The van der Waals surface area contributed by atoms with Crippen LogP contribution >= 0.6 is 0 Å². The van der Waals surface area contributed by atoms with Crippen molar-refractivity contribution in [3.63, 3.8) is 0 Å². The smallest absolute Gasteiger partial charge is 0.213 e. The van der Waals surface area contributed by atoms with Gasteiger partial charge in [0, 0.05) is 39.8 Å². The molecule has 0 bridgehead atoms. The molecule has 1 unspecified atom stereocenters. The molecule has 2 fully saturated rings. The number of aliphatic imine (C=N–C) groups is 1. The Morgan fingerprint density at radius 1 is 1.25 bits per heavy atom. The third-order valence-electron chi connectivity index (χ3n) is 4.75. The van der Waals surface area contributed by atoms with E-state index in [1.54, 1.807) is 7.05 Å². The molecule has 2 rings (SSSR count). The lowest BCUT2D eigenvalue weighted by Crippen LogP contribution is -2.47. The maximum absolute atomic E-state index is 12.1. The van der Waals surface area contributed by atoms with Crippen LogP contribution in [0.3, 0.4) is 0 Å². The first-order valence-electron chi connectivity index (χ1n) is 9.04. The van der Waals surface area contributed by atoms with E-state index in [2.05, 4.69) is 26.9 Å². The molecule has 0 aromatic carbocycles. The molecule has 1 atom stereocenters. The molecule has 0 aliphatic carbocycles. The van der Waals surface area contributed by atoms with Crippen molar-refractivity contribution in [1.82, 2.24) is 14.9 Å². The minimum Gasteiger partial charge on any atom is -0.377 e. The highest BCUT2D eigenvalue weighted by atomic mass is 32.2. The SMILES string of the molecule is CN=C(NCCS(=O)(=O)NCC1CCCCO1)N1CCC(C)CC1. The summed E-state index contributed by atoms with van der Waals surface area (Å²) in [5, 5.41) is 3.17. The Morgan fingerprint density at radius 2 is 2.00 bits per heavy atom. The second-order valence-electron chi connectivity index (χ2n) is 6.80. The van der Waals surface area contributed by atoms with Crippen LogP contribution in [-0.2, 0) is 14.8 Å². The standard InChI is InChI=1S/C16H32N4O3S/c1-14-6-9-20(10-7-14)16(17-2)18-8-12-24(21,22)19-13-15-5-3-4-11-23-15/h14-15,19H,3-13H2,1-2H3,(H,17,18). The van der Waals surface area contributed by atoms with Crippen molar-refractivity contribution in [2.75, 3.05) is 45.6 Å². The van der Waals surface area contributed by atoms with Crippen molar-refractivity contribution in [3.05, 3.63) is 0 Å². The number of hydrogen-bond acceptors (Lipinski definition) is 4. The van der Waals surface area contributed by atoms with Crippen LogP contribution in [0.15, 0.2) is 4.99 Å². The van der Waals surface area contributed by atoms with E-state index < -0.39 is 10.0 Å². The summed E-state index contributed by atoms with van der Waals surface area (Å²) in [4.78, 5) is 6.48. The van der Waals surface area contributed by atoms with Crippen LogP contribution in [0.4, 0.5) is 0 Å². The van der Waals surface area contributed by atoms with Crippen molar-refractivity contribution in [2.24, 2.45) is 10.9 Å². The van der Waals surface area contributed by atoms with Crippen LogP contribution in [0.2, 0.25) is 0 Å². The molecule has 2 aliphatic heterocycles. The van der Waals surface area contributed by atoms with Gasteiger partial charge in [-0.2, -0.15) is 0 Å². The first-order valence-corrected chi connectivity index (χ1v) is 10.7.